The first-order chi connectivity index (χ1) is 18.2. The molecule has 7 heteroatoms. The molecule has 3 aromatic rings. The van der Waals surface area contributed by atoms with Crippen molar-refractivity contribution in [3.05, 3.63) is 89.5 Å². The third-order valence-corrected chi connectivity index (χ3v) is 8.32. The second-order valence-corrected chi connectivity index (χ2v) is 11.6. The van der Waals surface area contributed by atoms with Gasteiger partial charge in [-0.25, -0.2) is 0 Å². The third-order valence-electron chi connectivity index (χ3n) is 6.95. The molecule has 0 bridgehead atoms. The quantitative estimate of drug-likeness (QED) is 0.271. The lowest BCUT2D eigenvalue weighted by Gasteiger charge is -2.34. The lowest BCUT2D eigenvalue weighted by atomic mass is 10.1. The van der Waals surface area contributed by atoms with Crippen molar-refractivity contribution in [1.82, 2.24) is 0 Å². The number of amides is 1. The van der Waals surface area contributed by atoms with E-state index in [1.165, 1.54) is 18.1 Å². The monoisotopic (exact) mass is 533 g/mol. The Morgan fingerprint density at radius 1 is 1.00 bits per heavy atom. The molecule has 0 spiro atoms. The highest BCUT2D eigenvalue weighted by molar-refractivity contribution is 7.99. The van der Waals surface area contributed by atoms with Gasteiger partial charge in [-0.2, -0.15) is 0 Å². The zero-order chi connectivity index (χ0) is 27.3. The molecule has 0 aliphatic carbocycles. The van der Waals surface area contributed by atoms with Crippen LogP contribution in [0.4, 0.5) is 5.69 Å². The van der Waals surface area contributed by atoms with E-state index in [9.17, 15) is 9.59 Å². The summed E-state index contributed by atoms with van der Waals surface area (Å²) in [7, 11) is 6.01. The number of thioether (sulfide) groups is 1. The van der Waals surface area contributed by atoms with Crippen molar-refractivity contribution in [2.75, 3.05) is 45.7 Å². The van der Waals surface area contributed by atoms with Gasteiger partial charge in [0.25, 0.3) is 5.91 Å². The Balaban J connectivity index is 1.59. The van der Waals surface area contributed by atoms with E-state index in [0.717, 1.165) is 45.9 Å². The van der Waals surface area contributed by atoms with Crippen molar-refractivity contribution in [2.24, 2.45) is 0 Å². The van der Waals surface area contributed by atoms with Crippen LogP contribution in [0.3, 0.4) is 0 Å². The molecular weight excluding hydrogens is 496 g/mol. The highest BCUT2D eigenvalue weighted by atomic mass is 32.2. The highest BCUT2D eigenvalue weighted by Crippen LogP contribution is 2.46. The fourth-order valence-corrected chi connectivity index (χ4v) is 6.04. The molecule has 1 heterocycles. The fraction of sp³-hybridized carbons (Fsp3) is 0.355. The van der Waals surface area contributed by atoms with Crippen molar-refractivity contribution in [1.29, 1.82) is 0 Å². The molecule has 3 aromatic carbocycles. The molecule has 1 amide bonds. The molecule has 0 saturated heterocycles. The van der Waals surface area contributed by atoms with Gasteiger partial charge in [-0.1, -0.05) is 54.1 Å². The number of nitrogens with zero attached hydrogens (tertiary/aromatic N) is 2. The molecule has 0 unspecified atom stereocenters. The van der Waals surface area contributed by atoms with E-state index in [4.69, 9.17) is 9.47 Å². The average molecular weight is 534 g/mol. The summed E-state index contributed by atoms with van der Waals surface area (Å²) in [6.07, 6.45) is 0.0196. The van der Waals surface area contributed by atoms with E-state index in [-0.39, 0.29) is 11.2 Å². The summed E-state index contributed by atoms with van der Waals surface area (Å²) in [4.78, 5) is 29.0. The van der Waals surface area contributed by atoms with Gasteiger partial charge in [0.05, 0.1) is 51.8 Å². The lowest BCUT2D eigenvalue weighted by molar-refractivity contribution is -0.888. The van der Waals surface area contributed by atoms with E-state index < -0.39 is 12.1 Å². The Morgan fingerprint density at radius 3 is 2.42 bits per heavy atom. The van der Waals surface area contributed by atoms with E-state index >= 15 is 0 Å². The number of quaternary nitrogens is 1. The van der Waals surface area contributed by atoms with Crippen LogP contribution in [-0.4, -0.2) is 63.3 Å². The number of aryl methyl sites for hydroxylation is 1. The van der Waals surface area contributed by atoms with E-state index in [1.807, 2.05) is 53.4 Å². The molecule has 4 rings (SSSR count). The van der Waals surface area contributed by atoms with Gasteiger partial charge in [-0.3, -0.25) is 9.59 Å². The summed E-state index contributed by atoms with van der Waals surface area (Å²) in [5.74, 6) is 0.0650. The van der Waals surface area contributed by atoms with Gasteiger partial charge in [0.15, 0.2) is 6.10 Å². The van der Waals surface area contributed by atoms with Gasteiger partial charge < -0.3 is 18.9 Å². The van der Waals surface area contributed by atoms with Crippen LogP contribution in [0.25, 0.3) is 0 Å². The molecular formula is C31H37N2O4S+. The van der Waals surface area contributed by atoms with Crippen molar-refractivity contribution in [3.8, 4) is 5.75 Å². The maximum Gasteiger partial charge on any atom is 0.303 e. The zero-order valence-corrected chi connectivity index (χ0v) is 23.7. The van der Waals surface area contributed by atoms with Crippen LogP contribution < -0.4 is 9.64 Å². The predicted octanol–water partition coefficient (Wildman–Crippen LogP) is 5.43. The van der Waals surface area contributed by atoms with Crippen molar-refractivity contribution in [3.63, 3.8) is 0 Å². The van der Waals surface area contributed by atoms with Gasteiger partial charge in [0.1, 0.15) is 5.75 Å². The Kier molecular flexibility index (Phi) is 8.80. The molecule has 0 fully saturated rings. The van der Waals surface area contributed by atoms with Crippen LogP contribution >= 0.6 is 11.8 Å². The Hall–Kier alpha value is -3.29. The van der Waals surface area contributed by atoms with Gasteiger partial charge in [0, 0.05) is 18.2 Å². The summed E-state index contributed by atoms with van der Waals surface area (Å²) in [6.45, 7) is 5.70. The number of para-hydroxylation sites is 1. The Labute approximate surface area is 230 Å². The van der Waals surface area contributed by atoms with Gasteiger partial charge in [0.2, 0.25) is 0 Å². The summed E-state index contributed by atoms with van der Waals surface area (Å²) in [6, 6.07) is 24.2. The molecule has 0 N–H and O–H groups in total. The van der Waals surface area contributed by atoms with E-state index in [1.54, 1.807) is 18.9 Å². The minimum atomic E-state index is -0.943. The number of anilines is 1. The number of ether oxygens (including phenoxy) is 2. The fourth-order valence-electron chi connectivity index (χ4n) is 4.72. The first kappa shape index (κ1) is 27.7. The number of carbonyl (C=O) groups excluding carboxylic acids is 2. The number of benzene rings is 3. The molecule has 2 atom stereocenters. The molecule has 0 radical (unpaired) electrons. The number of likely N-dealkylation sites (N-methyl/N-ethyl adjacent to an activating group) is 1. The average Bonchev–Trinajstić information content (AvgIpc) is 3.01. The number of methoxy groups -OCH3 is 1. The number of esters is 1. The number of hydrogen-bond donors (Lipinski definition) is 0. The normalized spacial score (nSPS) is 17.5. The summed E-state index contributed by atoms with van der Waals surface area (Å²) < 4.78 is 11.8. The number of fused-ring (bicyclic) bond motifs is 1. The smallest absolute Gasteiger partial charge is 0.303 e. The van der Waals surface area contributed by atoms with Crippen LogP contribution in [0, 0.1) is 6.92 Å². The van der Waals surface area contributed by atoms with Crippen molar-refractivity contribution >= 4 is 29.3 Å². The van der Waals surface area contributed by atoms with Crippen LogP contribution in [0.5, 0.6) is 5.75 Å². The van der Waals surface area contributed by atoms with Crippen LogP contribution in [0.1, 0.15) is 28.9 Å². The maximum absolute atomic E-state index is 14.1. The zero-order valence-electron chi connectivity index (χ0n) is 22.8. The third kappa shape index (κ3) is 6.77. The minimum Gasteiger partial charge on any atom is -0.497 e. The molecule has 0 saturated carbocycles. The second-order valence-electron chi connectivity index (χ2n) is 10.4. The van der Waals surface area contributed by atoms with Crippen LogP contribution in [0.2, 0.25) is 0 Å². The van der Waals surface area contributed by atoms with Gasteiger partial charge in [-0.15, -0.1) is 11.8 Å². The van der Waals surface area contributed by atoms with E-state index in [0.29, 0.717) is 6.54 Å². The molecule has 1 aliphatic heterocycles. The molecule has 200 valence electrons. The molecule has 6 nitrogen and oxygen atoms in total. The van der Waals surface area contributed by atoms with E-state index in [2.05, 4.69) is 45.3 Å². The van der Waals surface area contributed by atoms with Crippen molar-refractivity contribution in [2.45, 2.75) is 36.5 Å². The maximum atomic E-state index is 14.1. The lowest BCUT2D eigenvalue weighted by Crippen LogP contribution is -2.50. The SMILES string of the molecule is COc1ccc([C@@H]2Sc3ccccc3N(CC[N+](C)(C)CCc3cccc(C)c3)C(=O)[C@@H]2OC(C)=O)cc1. The highest BCUT2D eigenvalue weighted by Gasteiger charge is 2.41. The van der Waals surface area contributed by atoms with Gasteiger partial charge in [-0.05, 0) is 42.3 Å². The minimum absolute atomic E-state index is 0.197. The summed E-state index contributed by atoms with van der Waals surface area (Å²) in [5.41, 5.74) is 4.34. The molecule has 1 aliphatic rings. The molecule has 38 heavy (non-hydrogen) atoms. The largest absolute Gasteiger partial charge is 0.497 e. The number of carbonyl (C=O) groups is 2. The number of rotatable bonds is 9. The topological polar surface area (TPSA) is 55.8 Å². The second kappa shape index (κ2) is 12.0. The van der Waals surface area contributed by atoms with Crippen LogP contribution in [0.15, 0.2) is 77.7 Å². The summed E-state index contributed by atoms with van der Waals surface area (Å²) >= 11 is 1.56. The Morgan fingerprint density at radius 2 is 1.74 bits per heavy atom. The first-order valence-corrected chi connectivity index (χ1v) is 13.8. The first-order valence-electron chi connectivity index (χ1n) is 12.9. The van der Waals surface area contributed by atoms with Gasteiger partial charge >= 0.3 is 5.97 Å². The Bertz CT molecular complexity index is 1270. The molecule has 0 aromatic heterocycles. The predicted molar refractivity (Wildman–Crippen MR) is 153 cm³/mol. The standard InChI is InChI=1S/C31H37N2O4S/c1-22-9-8-10-24(21-22)17-19-33(3,4)20-18-32-27-11-6-7-12-28(27)38-30(29(31(32)35)37-23(2)34)25-13-15-26(36-5)16-14-25/h6-16,21,29-30H,17-20H2,1-5H3/q+1/t29-,30+/m1/s1. The van der Waals surface area contributed by atoms with Crippen LogP contribution in [-0.2, 0) is 20.7 Å². The van der Waals surface area contributed by atoms with Crippen molar-refractivity contribution < 1.29 is 23.5 Å². The number of hydrogen-bond acceptors (Lipinski definition) is 5. The summed E-state index contributed by atoms with van der Waals surface area (Å²) in [5, 5.41) is -0.382.